The van der Waals surface area contributed by atoms with Crippen molar-refractivity contribution in [1.29, 1.82) is 0 Å². The summed E-state index contributed by atoms with van der Waals surface area (Å²) in [6, 6.07) is 4.28. The lowest BCUT2D eigenvalue weighted by atomic mass is 10.1. The molecule has 0 bridgehead atoms. The fourth-order valence-electron chi connectivity index (χ4n) is 1.13. The zero-order chi connectivity index (χ0) is 9.84. The van der Waals surface area contributed by atoms with Gasteiger partial charge < -0.3 is 11.5 Å². The number of hydrogen-bond donors (Lipinski definition) is 2. The fraction of sp³-hybridized carbons (Fsp3) is 0.333. The first-order valence-corrected chi connectivity index (χ1v) is 4.85. The van der Waals surface area contributed by atoms with Gasteiger partial charge in [-0.3, -0.25) is 0 Å². The highest BCUT2D eigenvalue weighted by Crippen LogP contribution is 2.24. The second kappa shape index (κ2) is 6.35. The average Bonchev–Trinajstić information content (AvgIpc) is 2.09. The molecule has 2 nitrogen and oxygen atoms in total. The van der Waals surface area contributed by atoms with E-state index in [9.17, 15) is 4.39 Å². The quantitative estimate of drug-likeness (QED) is 0.895. The molecule has 4 N–H and O–H groups in total. The van der Waals surface area contributed by atoms with Crippen LogP contribution in [0.4, 0.5) is 4.39 Å². The lowest BCUT2D eigenvalue weighted by Crippen LogP contribution is -2.15. The predicted octanol–water partition coefficient (Wildman–Crippen LogP) is 2.36. The molecule has 0 unspecified atom stereocenters. The first kappa shape index (κ1) is 13.8. The van der Waals surface area contributed by atoms with E-state index in [0.717, 1.165) is 10.0 Å². The van der Waals surface area contributed by atoms with E-state index in [0.29, 0.717) is 13.0 Å². The number of benzene rings is 1. The minimum absolute atomic E-state index is 0. The molecule has 1 atom stereocenters. The molecule has 0 amide bonds. The van der Waals surface area contributed by atoms with Gasteiger partial charge in [0.15, 0.2) is 0 Å². The van der Waals surface area contributed by atoms with Crippen LogP contribution in [0.5, 0.6) is 0 Å². The van der Waals surface area contributed by atoms with Crippen molar-refractivity contribution in [2.45, 2.75) is 12.5 Å². The molecule has 0 fully saturated rings. The standard InChI is InChI=1S/C9H12BrFN2.ClH/c10-8-2-1-6(11)5-7(8)9(13)3-4-12;/h1-2,5,9H,3-4,12-13H2;1H/t9-;/m1./s1. The lowest BCUT2D eigenvalue weighted by Gasteiger charge is -2.12. The third-order valence-corrected chi connectivity index (χ3v) is 2.56. The molecule has 0 radical (unpaired) electrons. The third kappa shape index (κ3) is 3.53. The maximum absolute atomic E-state index is 12.8. The molecule has 80 valence electrons. The zero-order valence-electron chi connectivity index (χ0n) is 7.54. The summed E-state index contributed by atoms with van der Waals surface area (Å²) in [7, 11) is 0. The van der Waals surface area contributed by atoms with Gasteiger partial charge in [-0.2, -0.15) is 0 Å². The van der Waals surface area contributed by atoms with Gasteiger partial charge in [-0.1, -0.05) is 15.9 Å². The van der Waals surface area contributed by atoms with Crippen LogP contribution in [0.2, 0.25) is 0 Å². The molecular weight excluding hydrogens is 270 g/mol. The van der Waals surface area contributed by atoms with Crippen molar-refractivity contribution in [3.8, 4) is 0 Å². The van der Waals surface area contributed by atoms with Crippen LogP contribution in [0.1, 0.15) is 18.0 Å². The predicted molar refractivity (Wildman–Crippen MR) is 61.9 cm³/mol. The number of hydrogen-bond acceptors (Lipinski definition) is 2. The highest BCUT2D eigenvalue weighted by Gasteiger charge is 2.09. The number of rotatable bonds is 3. The average molecular weight is 284 g/mol. The summed E-state index contributed by atoms with van der Waals surface area (Å²) in [4.78, 5) is 0. The van der Waals surface area contributed by atoms with Crippen LogP contribution in [0.3, 0.4) is 0 Å². The van der Waals surface area contributed by atoms with E-state index in [1.54, 1.807) is 6.07 Å². The SMILES string of the molecule is Cl.NCC[C@@H](N)c1cc(F)ccc1Br. The third-order valence-electron chi connectivity index (χ3n) is 1.84. The highest BCUT2D eigenvalue weighted by molar-refractivity contribution is 9.10. The topological polar surface area (TPSA) is 52.0 Å². The van der Waals surface area contributed by atoms with E-state index in [4.69, 9.17) is 11.5 Å². The second-order valence-corrected chi connectivity index (χ2v) is 3.70. The van der Waals surface area contributed by atoms with Gasteiger partial charge in [0.1, 0.15) is 5.82 Å². The van der Waals surface area contributed by atoms with Crippen LogP contribution in [0, 0.1) is 5.82 Å². The van der Waals surface area contributed by atoms with Crippen LogP contribution < -0.4 is 11.5 Å². The zero-order valence-corrected chi connectivity index (χ0v) is 9.94. The van der Waals surface area contributed by atoms with Gasteiger partial charge in [0.2, 0.25) is 0 Å². The minimum atomic E-state index is -0.273. The van der Waals surface area contributed by atoms with Gasteiger partial charge in [-0.25, -0.2) is 4.39 Å². The first-order valence-electron chi connectivity index (χ1n) is 4.05. The van der Waals surface area contributed by atoms with Crippen LogP contribution in [0.15, 0.2) is 22.7 Å². The first-order chi connectivity index (χ1) is 6.15. The Kier molecular flexibility index (Phi) is 6.27. The summed E-state index contributed by atoms with van der Waals surface area (Å²) in [5.41, 5.74) is 11.9. The van der Waals surface area contributed by atoms with Crippen molar-refractivity contribution in [1.82, 2.24) is 0 Å². The Bertz CT molecular complexity index is 296. The molecule has 0 aromatic heterocycles. The van der Waals surface area contributed by atoms with Gasteiger partial charge in [0, 0.05) is 10.5 Å². The molecular formula is C9H13BrClFN2. The summed E-state index contributed by atoms with van der Waals surface area (Å²) in [6.07, 6.45) is 0.655. The van der Waals surface area contributed by atoms with Crippen molar-refractivity contribution < 1.29 is 4.39 Å². The Labute approximate surface area is 97.4 Å². The van der Waals surface area contributed by atoms with Gasteiger partial charge in [-0.05, 0) is 36.7 Å². The van der Waals surface area contributed by atoms with E-state index in [2.05, 4.69) is 15.9 Å². The highest BCUT2D eigenvalue weighted by atomic mass is 79.9. The van der Waals surface area contributed by atoms with Crippen molar-refractivity contribution in [2.75, 3.05) is 6.54 Å². The van der Waals surface area contributed by atoms with Crippen LogP contribution in [-0.2, 0) is 0 Å². The van der Waals surface area contributed by atoms with E-state index in [-0.39, 0.29) is 24.3 Å². The van der Waals surface area contributed by atoms with Crippen molar-refractivity contribution in [3.05, 3.63) is 34.1 Å². The molecule has 0 aliphatic heterocycles. The van der Waals surface area contributed by atoms with Gasteiger partial charge in [0.25, 0.3) is 0 Å². The van der Waals surface area contributed by atoms with Gasteiger partial charge >= 0.3 is 0 Å². The lowest BCUT2D eigenvalue weighted by molar-refractivity contribution is 0.610. The van der Waals surface area contributed by atoms with E-state index < -0.39 is 0 Å². The summed E-state index contributed by atoms with van der Waals surface area (Å²) in [5, 5.41) is 0. The molecule has 0 saturated carbocycles. The normalized spacial score (nSPS) is 12.0. The Morgan fingerprint density at radius 3 is 2.64 bits per heavy atom. The van der Waals surface area contributed by atoms with E-state index in [1.165, 1.54) is 12.1 Å². The van der Waals surface area contributed by atoms with E-state index in [1.807, 2.05) is 0 Å². The monoisotopic (exact) mass is 282 g/mol. The Hall–Kier alpha value is -0.160. The maximum Gasteiger partial charge on any atom is 0.123 e. The van der Waals surface area contributed by atoms with Crippen molar-refractivity contribution in [2.24, 2.45) is 11.5 Å². The molecule has 0 aliphatic rings. The largest absolute Gasteiger partial charge is 0.330 e. The Balaban J connectivity index is 0.00000169. The molecule has 5 heteroatoms. The molecule has 0 aliphatic carbocycles. The minimum Gasteiger partial charge on any atom is -0.330 e. The van der Waals surface area contributed by atoms with E-state index >= 15 is 0 Å². The van der Waals surface area contributed by atoms with Crippen molar-refractivity contribution >= 4 is 28.3 Å². The smallest absolute Gasteiger partial charge is 0.123 e. The maximum atomic E-state index is 12.8. The van der Waals surface area contributed by atoms with Crippen LogP contribution in [0.25, 0.3) is 0 Å². The molecule has 0 heterocycles. The van der Waals surface area contributed by atoms with Crippen LogP contribution in [-0.4, -0.2) is 6.54 Å². The second-order valence-electron chi connectivity index (χ2n) is 2.85. The Morgan fingerprint density at radius 1 is 1.43 bits per heavy atom. The Morgan fingerprint density at radius 2 is 2.07 bits per heavy atom. The van der Waals surface area contributed by atoms with Gasteiger partial charge in [0.05, 0.1) is 0 Å². The van der Waals surface area contributed by atoms with Crippen molar-refractivity contribution in [3.63, 3.8) is 0 Å². The summed E-state index contributed by atoms with van der Waals surface area (Å²) in [6.45, 7) is 0.504. The molecule has 14 heavy (non-hydrogen) atoms. The summed E-state index contributed by atoms with van der Waals surface area (Å²) < 4.78 is 13.7. The molecule has 0 spiro atoms. The molecule has 1 rings (SSSR count). The van der Waals surface area contributed by atoms with Gasteiger partial charge in [-0.15, -0.1) is 12.4 Å². The number of halogens is 3. The summed E-state index contributed by atoms with van der Waals surface area (Å²) >= 11 is 3.31. The number of nitrogens with two attached hydrogens (primary N) is 2. The molecule has 1 aromatic carbocycles. The summed E-state index contributed by atoms with van der Waals surface area (Å²) in [5.74, 6) is -0.273. The molecule has 0 saturated heterocycles. The molecule has 1 aromatic rings. The van der Waals surface area contributed by atoms with Crippen LogP contribution >= 0.6 is 28.3 Å². The fourth-order valence-corrected chi connectivity index (χ4v) is 1.67.